The van der Waals surface area contributed by atoms with Crippen LogP contribution in [0.5, 0.6) is 0 Å². The molecule has 1 heterocycles. The molecule has 1 fully saturated rings. The fraction of sp³-hybridized carbons (Fsp3) is 0.619. The minimum Gasteiger partial charge on any atom is -0.377 e. The zero-order valence-electron chi connectivity index (χ0n) is 17.9. The van der Waals surface area contributed by atoms with Crippen molar-refractivity contribution in [3.8, 4) is 0 Å². The maximum atomic E-state index is 12.4. The van der Waals surface area contributed by atoms with Crippen LogP contribution in [0, 0.1) is 0 Å². The van der Waals surface area contributed by atoms with Gasteiger partial charge in [0.15, 0.2) is 5.96 Å². The molecule has 0 saturated carbocycles. The quantitative estimate of drug-likeness (QED) is 0.266. The fourth-order valence-corrected chi connectivity index (χ4v) is 2.81. The lowest BCUT2D eigenvalue weighted by Crippen LogP contribution is -2.45. The minimum absolute atomic E-state index is 0. The van der Waals surface area contributed by atoms with Crippen LogP contribution in [0.1, 0.15) is 49.5 Å². The number of hydrogen-bond donors (Lipinski definition) is 3. The number of methoxy groups -OCH3 is 1. The summed E-state index contributed by atoms with van der Waals surface area (Å²) in [6.07, 6.45) is 2.22. The number of aliphatic imine (C=N–C) groups is 1. The summed E-state index contributed by atoms with van der Waals surface area (Å²) in [5, 5.41) is 9.48. The van der Waals surface area contributed by atoms with E-state index in [4.69, 9.17) is 9.47 Å². The lowest BCUT2D eigenvalue weighted by Gasteiger charge is -2.24. The molecule has 1 aromatic rings. The Morgan fingerprint density at radius 3 is 2.76 bits per heavy atom. The van der Waals surface area contributed by atoms with E-state index in [-0.39, 0.29) is 41.6 Å². The first-order valence-electron chi connectivity index (χ1n) is 9.99. The van der Waals surface area contributed by atoms with Gasteiger partial charge >= 0.3 is 0 Å². The van der Waals surface area contributed by atoms with Gasteiger partial charge in [-0.3, -0.25) is 4.79 Å². The number of nitrogens with one attached hydrogen (secondary N) is 3. The average molecular weight is 518 g/mol. The fourth-order valence-electron chi connectivity index (χ4n) is 2.81. The Balaban J connectivity index is 0.00000420. The molecule has 1 aliphatic heterocycles. The maximum Gasteiger partial charge on any atom is 0.251 e. The number of guanidine groups is 1. The molecule has 0 aromatic heterocycles. The largest absolute Gasteiger partial charge is 0.377 e. The van der Waals surface area contributed by atoms with Crippen molar-refractivity contribution in [2.24, 2.45) is 4.99 Å². The Labute approximate surface area is 191 Å². The first kappa shape index (κ1) is 25.6. The van der Waals surface area contributed by atoms with Crippen LogP contribution in [0.2, 0.25) is 0 Å². The first-order chi connectivity index (χ1) is 13.4. The van der Waals surface area contributed by atoms with Crippen molar-refractivity contribution < 1.29 is 14.3 Å². The van der Waals surface area contributed by atoms with Crippen LogP contribution in [0.25, 0.3) is 0 Å². The van der Waals surface area contributed by atoms with Gasteiger partial charge in [-0.1, -0.05) is 12.1 Å². The number of benzene rings is 1. The summed E-state index contributed by atoms with van der Waals surface area (Å²) in [7, 11) is 1.70. The molecule has 7 nitrogen and oxygen atoms in total. The molecule has 3 N–H and O–H groups in total. The summed E-state index contributed by atoms with van der Waals surface area (Å²) in [5.74, 6) is 0.647. The highest BCUT2D eigenvalue weighted by Gasteiger charge is 2.17. The van der Waals surface area contributed by atoms with E-state index in [0.29, 0.717) is 25.2 Å². The highest BCUT2D eigenvalue weighted by atomic mass is 127. The summed E-state index contributed by atoms with van der Waals surface area (Å²) < 4.78 is 11.0. The van der Waals surface area contributed by atoms with Gasteiger partial charge in [-0.15, -0.1) is 24.0 Å². The molecule has 1 unspecified atom stereocenters. The lowest BCUT2D eigenvalue weighted by molar-refractivity contribution is 0.0268. The van der Waals surface area contributed by atoms with E-state index in [1.165, 1.54) is 0 Å². The molecule has 2 rings (SSSR count). The number of carbonyl (C=O) groups excluding carboxylic acids is 1. The monoisotopic (exact) mass is 518 g/mol. The van der Waals surface area contributed by atoms with Gasteiger partial charge < -0.3 is 25.4 Å². The molecular formula is C21H35IN4O3. The van der Waals surface area contributed by atoms with Crippen LogP contribution in [-0.2, 0) is 16.0 Å². The second-order valence-corrected chi connectivity index (χ2v) is 7.56. The van der Waals surface area contributed by atoms with E-state index in [1.54, 1.807) is 7.11 Å². The number of rotatable bonds is 9. The van der Waals surface area contributed by atoms with Crippen molar-refractivity contribution in [1.29, 1.82) is 0 Å². The third kappa shape index (κ3) is 9.31. The number of ether oxygens (including phenoxy) is 2. The van der Waals surface area contributed by atoms with Crippen LogP contribution in [0.3, 0.4) is 0 Å². The second-order valence-electron chi connectivity index (χ2n) is 7.56. The van der Waals surface area contributed by atoms with Gasteiger partial charge in [0.05, 0.1) is 18.2 Å². The number of nitrogens with zero attached hydrogens (tertiary/aromatic N) is 1. The number of amides is 1. The standard InChI is InChI=1S/C21H34N4O3.HI/c1-5-22-20(25-15-21(2,3)27-4)24-13-16-8-6-9-17(12-16)19(26)23-14-18-10-7-11-28-18;/h6,8-9,12,18H,5,7,10-11,13-15H2,1-4H3,(H,23,26)(H2,22,24,25);1H. The molecule has 1 amide bonds. The van der Waals surface area contributed by atoms with Crippen molar-refractivity contribution in [3.63, 3.8) is 0 Å². The molecule has 0 spiro atoms. The SMILES string of the molecule is CCNC(=NCc1cccc(C(=O)NCC2CCCO2)c1)NCC(C)(C)OC.I. The van der Waals surface area contributed by atoms with E-state index in [1.807, 2.05) is 45.0 Å². The Bertz CT molecular complexity index is 661. The zero-order chi connectivity index (χ0) is 20.4. The highest BCUT2D eigenvalue weighted by Crippen LogP contribution is 2.12. The predicted octanol–water partition coefficient (Wildman–Crippen LogP) is 2.69. The summed E-state index contributed by atoms with van der Waals surface area (Å²) >= 11 is 0. The third-order valence-electron chi connectivity index (χ3n) is 4.70. The maximum absolute atomic E-state index is 12.4. The molecule has 1 aliphatic rings. The molecular weight excluding hydrogens is 483 g/mol. The van der Waals surface area contributed by atoms with Gasteiger partial charge in [-0.05, 0) is 51.3 Å². The number of hydrogen-bond acceptors (Lipinski definition) is 4. The molecule has 0 aliphatic carbocycles. The molecule has 0 radical (unpaired) electrons. The van der Waals surface area contributed by atoms with Gasteiger partial charge in [0.25, 0.3) is 5.91 Å². The van der Waals surface area contributed by atoms with Crippen molar-refractivity contribution >= 4 is 35.8 Å². The topological polar surface area (TPSA) is 84.0 Å². The first-order valence-corrected chi connectivity index (χ1v) is 9.99. The molecule has 1 atom stereocenters. The summed E-state index contributed by atoms with van der Waals surface area (Å²) in [6, 6.07) is 7.57. The average Bonchev–Trinajstić information content (AvgIpc) is 3.22. The minimum atomic E-state index is -0.281. The van der Waals surface area contributed by atoms with E-state index in [0.717, 1.165) is 37.5 Å². The molecule has 29 heavy (non-hydrogen) atoms. The van der Waals surface area contributed by atoms with Crippen molar-refractivity contribution in [2.45, 2.75) is 51.9 Å². The summed E-state index contributed by atoms with van der Waals surface area (Å²) in [4.78, 5) is 17.0. The van der Waals surface area contributed by atoms with E-state index < -0.39 is 0 Å². The molecule has 1 aromatic carbocycles. The molecule has 8 heteroatoms. The molecule has 164 valence electrons. The van der Waals surface area contributed by atoms with Crippen molar-refractivity contribution in [2.75, 3.05) is 33.4 Å². The Hall–Kier alpha value is -1.39. The van der Waals surface area contributed by atoms with Crippen LogP contribution in [0.15, 0.2) is 29.3 Å². The van der Waals surface area contributed by atoms with Crippen LogP contribution >= 0.6 is 24.0 Å². The Morgan fingerprint density at radius 2 is 2.10 bits per heavy atom. The zero-order valence-corrected chi connectivity index (χ0v) is 20.2. The van der Waals surface area contributed by atoms with Crippen LogP contribution in [0.4, 0.5) is 0 Å². The van der Waals surface area contributed by atoms with Gasteiger partial charge in [0, 0.05) is 38.9 Å². The Morgan fingerprint density at radius 1 is 1.31 bits per heavy atom. The molecule has 1 saturated heterocycles. The predicted molar refractivity (Wildman–Crippen MR) is 127 cm³/mol. The number of halogens is 1. The van der Waals surface area contributed by atoms with Crippen LogP contribution < -0.4 is 16.0 Å². The van der Waals surface area contributed by atoms with Gasteiger partial charge in [0.2, 0.25) is 0 Å². The van der Waals surface area contributed by atoms with Crippen LogP contribution in [-0.4, -0.2) is 56.9 Å². The summed E-state index contributed by atoms with van der Waals surface area (Å²) in [6.45, 7) is 9.30. The smallest absolute Gasteiger partial charge is 0.251 e. The van der Waals surface area contributed by atoms with E-state index in [2.05, 4.69) is 20.9 Å². The van der Waals surface area contributed by atoms with Crippen molar-refractivity contribution in [1.82, 2.24) is 16.0 Å². The van der Waals surface area contributed by atoms with Gasteiger partial charge in [0.1, 0.15) is 0 Å². The summed E-state index contributed by atoms with van der Waals surface area (Å²) in [5.41, 5.74) is 1.34. The van der Waals surface area contributed by atoms with Gasteiger partial charge in [-0.25, -0.2) is 4.99 Å². The highest BCUT2D eigenvalue weighted by molar-refractivity contribution is 14.0. The number of carbonyl (C=O) groups is 1. The Kier molecular flexibility index (Phi) is 11.5. The van der Waals surface area contributed by atoms with Gasteiger partial charge in [-0.2, -0.15) is 0 Å². The van der Waals surface area contributed by atoms with E-state index >= 15 is 0 Å². The molecule has 0 bridgehead atoms. The third-order valence-corrected chi connectivity index (χ3v) is 4.70. The van der Waals surface area contributed by atoms with Crippen molar-refractivity contribution in [3.05, 3.63) is 35.4 Å². The lowest BCUT2D eigenvalue weighted by atomic mass is 10.1. The second kappa shape index (κ2) is 13.0. The van der Waals surface area contributed by atoms with E-state index in [9.17, 15) is 4.79 Å². The normalized spacial score (nSPS) is 16.8.